The van der Waals surface area contributed by atoms with Crippen molar-refractivity contribution in [3.8, 4) is 5.75 Å². The molecule has 2 aromatic rings. The van der Waals surface area contributed by atoms with Gasteiger partial charge in [-0.1, -0.05) is 43.7 Å². The molecule has 0 spiro atoms. The first-order chi connectivity index (χ1) is 19.4. The number of halogens is 4. The fourth-order valence-corrected chi connectivity index (χ4v) is 5.98. The first kappa shape index (κ1) is 30.4. The molecule has 0 amide bonds. The minimum Gasteiger partial charge on any atom is -0.490 e. The molecule has 2 aromatic carbocycles. The van der Waals surface area contributed by atoms with Gasteiger partial charge in [0, 0.05) is 12.2 Å². The van der Waals surface area contributed by atoms with Gasteiger partial charge in [-0.25, -0.2) is 13.2 Å². The maximum Gasteiger partial charge on any atom is 0.200 e. The van der Waals surface area contributed by atoms with E-state index in [1.165, 1.54) is 6.07 Å². The minimum atomic E-state index is -0.936. The summed E-state index contributed by atoms with van der Waals surface area (Å²) >= 11 is 0. The number of aryl methyl sites for hydroxylation is 1. The molecular weight excluding hydrogens is 516 g/mol. The van der Waals surface area contributed by atoms with Crippen LogP contribution < -0.4 is 4.74 Å². The Morgan fingerprint density at radius 1 is 0.900 bits per heavy atom. The summed E-state index contributed by atoms with van der Waals surface area (Å²) in [6.07, 6.45) is 13.1. The predicted molar refractivity (Wildman–Crippen MR) is 153 cm³/mol. The summed E-state index contributed by atoms with van der Waals surface area (Å²) in [6, 6.07) is 6.58. The van der Waals surface area contributed by atoms with Crippen LogP contribution in [0.1, 0.15) is 100 Å². The highest BCUT2D eigenvalue weighted by molar-refractivity contribution is 5.67. The molecule has 2 aliphatic carbocycles. The third-order valence-electron chi connectivity index (χ3n) is 8.49. The predicted octanol–water partition coefficient (Wildman–Crippen LogP) is 9.86. The summed E-state index contributed by atoms with van der Waals surface area (Å²) in [7, 11) is 0. The highest BCUT2D eigenvalue weighted by Crippen LogP contribution is 2.40. The van der Waals surface area contributed by atoms with Gasteiger partial charge in [-0.15, -0.1) is 6.58 Å². The van der Waals surface area contributed by atoms with Crippen LogP contribution in [0.4, 0.5) is 17.6 Å². The summed E-state index contributed by atoms with van der Waals surface area (Å²) in [5, 5.41) is 0. The van der Waals surface area contributed by atoms with E-state index in [9.17, 15) is 8.78 Å². The Morgan fingerprint density at radius 2 is 1.70 bits per heavy atom. The van der Waals surface area contributed by atoms with Crippen molar-refractivity contribution in [1.82, 2.24) is 0 Å². The molecule has 0 aliphatic heterocycles. The van der Waals surface area contributed by atoms with Crippen molar-refractivity contribution >= 4 is 5.57 Å². The highest BCUT2D eigenvalue weighted by Gasteiger charge is 2.27. The van der Waals surface area contributed by atoms with Gasteiger partial charge >= 0.3 is 0 Å². The average Bonchev–Trinajstić information content (AvgIpc) is 2.97. The van der Waals surface area contributed by atoms with Crippen molar-refractivity contribution in [3.05, 3.63) is 83.0 Å². The van der Waals surface area contributed by atoms with Crippen molar-refractivity contribution in [2.45, 2.75) is 96.0 Å². The van der Waals surface area contributed by atoms with Crippen molar-refractivity contribution in [1.29, 1.82) is 0 Å². The minimum absolute atomic E-state index is 0.0538. The molecule has 0 radical (unpaired) electrons. The van der Waals surface area contributed by atoms with Gasteiger partial charge in [0.25, 0.3) is 0 Å². The largest absolute Gasteiger partial charge is 0.490 e. The normalized spacial score (nSPS) is 21.2. The first-order valence-electron chi connectivity index (χ1n) is 14.9. The quantitative estimate of drug-likeness (QED) is 0.138. The van der Waals surface area contributed by atoms with E-state index in [0.29, 0.717) is 41.9 Å². The second-order valence-corrected chi connectivity index (χ2v) is 11.2. The molecule has 0 heterocycles. The summed E-state index contributed by atoms with van der Waals surface area (Å²) in [5.41, 5.74) is 2.02. The Bertz CT molecular complexity index is 1170. The molecule has 1 fully saturated rings. The lowest BCUT2D eigenvalue weighted by molar-refractivity contribution is 0.0466. The van der Waals surface area contributed by atoms with Gasteiger partial charge in [0.2, 0.25) is 5.82 Å². The maximum absolute atomic E-state index is 15.1. The fourth-order valence-electron chi connectivity index (χ4n) is 5.98. The zero-order valence-electron chi connectivity index (χ0n) is 23.6. The second kappa shape index (κ2) is 14.9. The number of allylic oxidation sites excluding steroid dienone is 1. The van der Waals surface area contributed by atoms with Crippen LogP contribution in [0, 0.1) is 29.2 Å². The van der Waals surface area contributed by atoms with Gasteiger partial charge in [-0.3, -0.25) is 0 Å². The van der Waals surface area contributed by atoms with Crippen molar-refractivity contribution in [3.63, 3.8) is 0 Å². The van der Waals surface area contributed by atoms with Crippen LogP contribution in [-0.2, 0) is 11.2 Å². The van der Waals surface area contributed by atoms with Gasteiger partial charge in [0.15, 0.2) is 23.2 Å². The van der Waals surface area contributed by atoms with Crippen LogP contribution in [0.15, 0.2) is 43.0 Å². The van der Waals surface area contributed by atoms with Crippen LogP contribution in [0.2, 0.25) is 0 Å². The van der Waals surface area contributed by atoms with Crippen molar-refractivity contribution in [2.75, 3.05) is 13.2 Å². The van der Waals surface area contributed by atoms with Crippen molar-refractivity contribution in [2.24, 2.45) is 5.92 Å². The molecule has 1 atom stereocenters. The van der Waals surface area contributed by atoms with Crippen LogP contribution in [0.3, 0.4) is 0 Å². The van der Waals surface area contributed by atoms with Crippen molar-refractivity contribution < 1.29 is 27.0 Å². The van der Waals surface area contributed by atoms with E-state index in [2.05, 4.69) is 13.5 Å². The summed E-state index contributed by atoms with van der Waals surface area (Å²) < 4.78 is 70.6. The van der Waals surface area contributed by atoms with Gasteiger partial charge in [-0.05, 0) is 105 Å². The third-order valence-corrected chi connectivity index (χ3v) is 8.49. The monoisotopic (exact) mass is 558 g/mol. The standard InChI is InChI=1S/C34H42F4O2/c1-3-5-21-39-27-16-13-25(14-17-27)28-18-15-26(31(35)32(28)36)12-9-23-7-10-24(11-8-23)29-19-20-30(34(38)33(29)37)40-22-6-4-2/h4,13,15,18-20,23-24,27H,2-3,5-12,14,16-17,21-22H2,1H3. The molecule has 218 valence electrons. The Hall–Kier alpha value is -2.60. The molecule has 0 aromatic heterocycles. The van der Waals surface area contributed by atoms with Gasteiger partial charge in [0.1, 0.15) is 0 Å². The lowest BCUT2D eigenvalue weighted by Gasteiger charge is -2.29. The molecule has 2 nitrogen and oxygen atoms in total. The molecule has 40 heavy (non-hydrogen) atoms. The number of hydrogen-bond donors (Lipinski definition) is 0. The molecule has 0 bridgehead atoms. The van der Waals surface area contributed by atoms with Gasteiger partial charge < -0.3 is 9.47 Å². The van der Waals surface area contributed by atoms with E-state index in [-0.39, 0.29) is 24.4 Å². The number of benzene rings is 2. The number of unbranched alkanes of at least 4 members (excludes halogenated alkanes) is 1. The van der Waals surface area contributed by atoms with E-state index >= 15 is 8.78 Å². The summed E-state index contributed by atoms with van der Waals surface area (Å²) in [6.45, 7) is 6.73. The van der Waals surface area contributed by atoms with Crippen LogP contribution in [0.5, 0.6) is 5.75 Å². The molecule has 0 N–H and O–H groups in total. The van der Waals surface area contributed by atoms with Gasteiger partial charge in [-0.2, -0.15) is 4.39 Å². The Balaban J connectivity index is 1.28. The molecule has 1 saturated carbocycles. The number of hydrogen-bond acceptors (Lipinski definition) is 2. The Kier molecular flexibility index (Phi) is 11.3. The Labute approximate surface area is 236 Å². The number of rotatable bonds is 13. The lowest BCUT2D eigenvalue weighted by Crippen LogP contribution is -2.17. The lowest BCUT2D eigenvalue weighted by atomic mass is 9.76. The third kappa shape index (κ3) is 7.57. The molecular formula is C34H42F4O2. The van der Waals surface area contributed by atoms with E-state index in [4.69, 9.17) is 9.47 Å². The zero-order valence-corrected chi connectivity index (χ0v) is 23.6. The zero-order chi connectivity index (χ0) is 28.5. The molecule has 4 rings (SSSR count). The van der Waals surface area contributed by atoms with E-state index in [1.54, 1.807) is 24.3 Å². The van der Waals surface area contributed by atoms with E-state index in [1.807, 2.05) is 6.08 Å². The smallest absolute Gasteiger partial charge is 0.200 e. The summed E-state index contributed by atoms with van der Waals surface area (Å²) in [5.74, 6) is -3.05. The number of ether oxygens (including phenoxy) is 2. The van der Waals surface area contributed by atoms with Gasteiger partial charge in [0.05, 0.1) is 12.7 Å². The topological polar surface area (TPSA) is 18.5 Å². The van der Waals surface area contributed by atoms with Crippen LogP contribution in [-0.4, -0.2) is 19.3 Å². The average molecular weight is 559 g/mol. The molecule has 0 saturated heterocycles. The highest BCUT2D eigenvalue weighted by atomic mass is 19.2. The molecule has 6 heteroatoms. The SMILES string of the molecule is C=CCCOc1ccc(C2CCC(CCc3ccc(C4=CCC(OCCCC)CC4)c(F)c3F)CC2)c(F)c1F. The van der Waals surface area contributed by atoms with E-state index < -0.39 is 23.3 Å². The molecule has 1 unspecified atom stereocenters. The summed E-state index contributed by atoms with van der Waals surface area (Å²) in [4.78, 5) is 0. The second-order valence-electron chi connectivity index (χ2n) is 11.2. The van der Waals surface area contributed by atoms with E-state index in [0.717, 1.165) is 70.0 Å². The van der Waals surface area contributed by atoms with Crippen LogP contribution in [0.25, 0.3) is 5.57 Å². The first-order valence-corrected chi connectivity index (χ1v) is 14.9. The molecule has 2 aliphatic rings. The maximum atomic E-state index is 15.1. The fraction of sp³-hybridized carbons (Fsp3) is 0.529. The Morgan fingerprint density at radius 3 is 2.40 bits per heavy atom. The van der Waals surface area contributed by atoms with Crippen LogP contribution >= 0.6 is 0 Å².